The molecule has 5 heteroatoms. The molecule has 0 fully saturated rings. The van der Waals surface area contributed by atoms with Crippen LogP contribution in [0.25, 0.3) is 0 Å². The van der Waals surface area contributed by atoms with Gasteiger partial charge in [0, 0.05) is 23.5 Å². The Morgan fingerprint density at radius 1 is 0.739 bits per heavy atom. The molecule has 0 aliphatic carbocycles. The van der Waals surface area contributed by atoms with Crippen molar-refractivity contribution in [3.05, 3.63) is 48.5 Å². The lowest BCUT2D eigenvalue weighted by Crippen LogP contribution is -2.09. The Hall–Kier alpha value is -2.56. The Labute approximate surface area is 138 Å². The fourth-order valence-corrected chi connectivity index (χ4v) is 2.14. The molecule has 0 aromatic heterocycles. The van der Waals surface area contributed by atoms with E-state index in [2.05, 4.69) is 54.1 Å². The van der Waals surface area contributed by atoms with Gasteiger partial charge in [-0.15, -0.1) is 5.11 Å². The molecule has 2 aromatic rings. The summed E-state index contributed by atoms with van der Waals surface area (Å²) in [7, 11) is 0. The van der Waals surface area contributed by atoms with Crippen LogP contribution < -0.4 is 16.1 Å². The zero-order chi connectivity index (χ0) is 16.7. The van der Waals surface area contributed by atoms with Crippen LogP contribution in [-0.4, -0.2) is 12.1 Å². The molecule has 0 unspecified atom stereocenters. The molecule has 2 rings (SSSR count). The Kier molecular flexibility index (Phi) is 5.97. The SMILES string of the molecule is CC(C)Nc1cccc(/N=N/Nc2cccc(NC(C)C)c2)c1. The van der Waals surface area contributed by atoms with E-state index in [1.165, 1.54) is 0 Å². The second-order valence-electron chi connectivity index (χ2n) is 6.04. The number of nitrogens with zero attached hydrogens (tertiary/aromatic N) is 2. The van der Waals surface area contributed by atoms with Crippen LogP contribution in [0.4, 0.5) is 22.7 Å². The van der Waals surface area contributed by atoms with Crippen molar-refractivity contribution in [3.8, 4) is 0 Å². The van der Waals surface area contributed by atoms with Crippen molar-refractivity contribution in [2.75, 3.05) is 16.1 Å². The van der Waals surface area contributed by atoms with Gasteiger partial charge < -0.3 is 10.6 Å². The smallest absolute Gasteiger partial charge is 0.0894 e. The van der Waals surface area contributed by atoms with Gasteiger partial charge in [0.05, 0.1) is 11.4 Å². The zero-order valence-corrected chi connectivity index (χ0v) is 14.2. The topological polar surface area (TPSA) is 60.8 Å². The summed E-state index contributed by atoms with van der Waals surface area (Å²) in [5, 5.41) is 15.0. The van der Waals surface area contributed by atoms with Crippen LogP contribution >= 0.6 is 0 Å². The van der Waals surface area contributed by atoms with E-state index in [0.29, 0.717) is 12.1 Å². The van der Waals surface area contributed by atoms with Crippen molar-refractivity contribution < 1.29 is 0 Å². The average molecular weight is 311 g/mol. The molecule has 0 saturated heterocycles. The van der Waals surface area contributed by atoms with Gasteiger partial charge in [-0.05, 0) is 64.1 Å². The third kappa shape index (κ3) is 5.98. The van der Waals surface area contributed by atoms with Crippen LogP contribution in [0.15, 0.2) is 58.9 Å². The van der Waals surface area contributed by atoms with E-state index in [-0.39, 0.29) is 0 Å². The zero-order valence-electron chi connectivity index (χ0n) is 14.2. The van der Waals surface area contributed by atoms with Crippen molar-refractivity contribution in [1.82, 2.24) is 0 Å². The largest absolute Gasteiger partial charge is 0.383 e. The minimum Gasteiger partial charge on any atom is -0.383 e. The first-order valence-electron chi connectivity index (χ1n) is 7.93. The number of hydrogen-bond acceptors (Lipinski definition) is 4. The van der Waals surface area contributed by atoms with Crippen LogP contribution in [0.3, 0.4) is 0 Å². The minimum absolute atomic E-state index is 0.386. The van der Waals surface area contributed by atoms with E-state index in [1.54, 1.807) is 0 Å². The Morgan fingerprint density at radius 3 is 1.96 bits per heavy atom. The number of hydrogen-bond donors (Lipinski definition) is 3. The minimum atomic E-state index is 0.386. The van der Waals surface area contributed by atoms with Crippen LogP contribution in [0.2, 0.25) is 0 Å². The maximum absolute atomic E-state index is 4.21. The molecule has 0 aliphatic rings. The fraction of sp³-hybridized carbons (Fsp3) is 0.333. The van der Waals surface area contributed by atoms with E-state index in [0.717, 1.165) is 22.7 Å². The molecule has 0 aliphatic heterocycles. The predicted octanol–water partition coefficient (Wildman–Crippen LogP) is 5.44. The molecule has 5 nitrogen and oxygen atoms in total. The lowest BCUT2D eigenvalue weighted by molar-refractivity contribution is 0.899. The molecule has 2 aromatic carbocycles. The monoisotopic (exact) mass is 311 g/mol. The summed E-state index contributed by atoms with van der Waals surface area (Å²) >= 11 is 0. The lowest BCUT2D eigenvalue weighted by Gasteiger charge is -2.10. The van der Waals surface area contributed by atoms with Gasteiger partial charge in [-0.25, -0.2) is 0 Å². The summed E-state index contributed by atoms with van der Waals surface area (Å²) in [5.41, 5.74) is 6.77. The van der Waals surface area contributed by atoms with Crippen molar-refractivity contribution in [2.45, 2.75) is 39.8 Å². The van der Waals surface area contributed by atoms with E-state index < -0.39 is 0 Å². The summed E-state index contributed by atoms with van der Waals surface area (Å²) in [5.74, 6) is 0. The number of nitrogens with one attached hydrogen (secondary N) is 3. The van der Waals surface area contributed by atoms with Crippen LogP contribution in [0.1, 0.15) is 27.7 Å². The third-order valence-electron chi connectivity index (χ3n) is 2.96. The van der Waals surface area contributed by atoms with Crippen LogP contribution in [0.5, 0.6) is 0 Å². The summed E-state index contributed by atoms with van der Waals surface area (Å²) in [6.45, 7) is 8.43. The quantitative estimate of drug-likeness (QED) is 0.471. The Balaban J connectivity index is 1.99. The Morgan fingerprint density at radius 2 is 1.30 bits per heavy atom. The molecule has 0 atom stereocenters. The van der Waals surface area contributed by atoms with Crippen molar-refractivity contribution >= 4 is 22.7 Å². The highest BCUT2D eigenvalue weighted by atomic mass is 15.4. The standard InChI is InChI=1S/C18H25N5/c1-13(2)19-15-7-5-9-17(11-15)21-23-22-18-10-6-8-16(12-18)20-14(3)4/h5-14,19-20H,1-4H3,(H,21,22). The molecular weight excluding hydrogens is 286 g/mol. The van der Waals surface area contributed by atoms with E-state index in [4.69, 9.17) is 0 Å². The average Bonchev–Trinajstić information content (AvgIpc) is 2.46. The van der Waals surface area contributed by atoms with Crippen molar-refractivity contribution in [2.24, 2.45) is 10.3 Å². The van der Waals surface area contributed by atoms with E-state index in [1.807, 2.05) is 48.5 Å². The summed E-state index contributed by atoms with van der Waals surface area (Å²) in [4.78, 5) is 0. The first-order valence-corrected chi connectivity index (χ1v) is 7.93. The van der Waals surface area contributed by atoms with E-state index in [9.17, 15) is 0 Å². The van der Waals surface area contributed by atoms with Crippen molar-refractivity contribution in [3.63, 3.8) is 0 Å². The molecule has 0 radical (unpaired) electrons. The van der Waals surface area contributed by atoms with Gasteiger partial charge in [0.2, 0.25) is 0 Å². The molecule has 0 bridgehead atoms. The highest BCUT2D eigenvalue weighted by Gasteiger charge is 1.98. The first kappa shape index (κ1) is 16.8. The van der Waals surface area contributed by atoms with Crippen LogP contribution in [-0.2, 0) is 0 Å². The molecule has 3 N–H and O–H groups in total. The van der Waals surface area contributed by atoms with Gasteiger partial charge in [0.1, 0.15) is 0 Å². The molecule has 0 spiro atoms. The summed E-state index contributed by atoms with van der Waals surface area (Å²) in [6.07, 6.45) is 0. The van der Waals surface area contributed by atoms with Gasteiger partial charge in [-0.1, -0.05) is 17.4 Å². The second-order valence-corrected chi connectivity index (χ2v) is 6.04. The maximum atomic E-state index is 4.21. The van der Waals surface area contributed by atoms with Gasteiger partial charge in [0.25, 0.3) is 0 Å². The Bertz CT molecular complexity index is 649. The van der Waals surface area contributed by atoms with Gasteiger partial charge in [-0.2, -0.15) is 0 Å². The molecule has 0 saturated carbocycles. The highest BCUT2D eigenvalue weighted by Crippen LogP contribution is 2.20. The number of benzene rings is 2. The third-order valence-corrected chi connectivity index (χ3v) is 2.96. The number of rotatable bonds is 7. The van der Waals surface area contributed by atoms with Crippen molar-refractivity contribution in [1.29, 1.82) is 0 Å². The van der Waals surface area contributed by atoms with Gasteiger partial charge in [0.15, 0.2) is 0 Å². The summed E-state index contributed by atoms with van der Waals surface area (Å²) in [6, 6.07) is 16.6. The number of anilines is 3. The predicted molar refractivity (Wildman–Crippen MR) is 98.5 cm³/mol. The maximum Gasteiger partial charge on any atom is 0.0894 e. The normalized spacial score (nSPS) is 11.2. The van der Waals surface area contributed by atoms with Gasteiger partial charge in [-0.3, -0.25) is 5.43 Å². The lowest BCUT2D eigenvalue weighted by atomic mass is 10.2. The first-order chi connectivity index (χ1) is 11.0. The molecular formula is C18H25N5. The molecule has 0 amide bonds. The highest BCUT2D eigenvalue weighted by molar-refractivity contribution is 5.57. The molecule has 122 valence electrons. The van der Waals surface area contributed by atoms with E-state index >= 15 is 0 Å². The second kappa shape index (κ2) is 8.17. The van der Waals surface area contributed by atoms with Gasteiger partial charge >= 0.3 is 0 Å². The molecule has 0 heterocycles. The molecule has 23 heavy (non-hydrogen) atoms. The van der Waals surface area contributed by atoms with Crippen LogP contribution in [0, 0.1) is 0 Å². The summed E-state index contributed by atoms with van der Waals surface area (Å²) < 4.78 is 0. The fourth-order valence-electron chi connectivity index (χ4n) is 2.14.